The van der Waals surface area contributed by atoms with Crippen LogP contribution in [0.3, 0.4) is 0 Å². The van der Waals surface area contributed by atoms with Crippen LogP contribution in [-0.4, -0.2) is 30.1 Å². The van der Waals surface area contributed by atoms with Crippen molar-refractivity contribution in [2.45, 2.75) is 18.8 Å². The van der Waals surface area contributed by atoms with E-state index in [0.717, 1.165) is 37.1 Å². The third-order valence-electron chi connectivity index (χ3n) is 5.24. The van der Waals surface area contributed by atoms with E-state index in [1.54, 1.807) is 24.3 Å². The van der Waals surface area contributed by atoms with Crippen LogP contribution in [0.25, 0.3) is 11.1 Å². The van der Waals surface area contributed by atoms with Crippen molar-refractivity contribution in [3.63, 3.8) is 0 Å². The molecule has 4 rings (SSSR count). The van der Waals surface area contributed by atoms with E-state index < -0.39 is 11.9 Å². The Kier molecular flexibility index (Phi) is 5.44. The van der Waals surface area contributed by atoms with Gasteiger partial charge in [-0.15, -0.1) is 0 Å². The van der Waals surface area contributed by atoms with Crippen molar-refractivity contribution in [1.29, 1.82) is 0 Å². The average Bonchev–Trinajstić information content (AvgIpc) is 3.29. The van der Waals surface area contributed by atoms with Crippen LogP contribution in [0, 0.1) is 0 Å². The topological polar surface area (TPSA) is 91.6 Å². The van der Waals surface area contributed by atoms with E-state index in [-0.39, 0.29) is 11.3 Å². The van der Waals surface area contributed by atoms with Gasteiger partial charge in [0, 0.05) is 5.69 Å². The Hall–Kier alpha value is -3.38. The van der Waals surface area contributed by atoms with Gasteiger partial charge in [0.15, 0.2) is 5.76 Å². The maximum absolute atomic E-state index is 12.3. The molecule has 2 aromatic carbocycles. The molecule has 3 N–H and O–H groups in total. The molecular weight excluding hydrogens is 368 g/mol. The molecule has 1 aliphatic rings. The Morgan fingerprint density at radius 1 is 1.00 bits per heavy atom. The highest BCUT2D eigenvalue weighted by Crippen LogP contribution is 2.30. The van der Waals surface area contributed by atoms with Crippen molar-refractivity contribution in [2.24, 2.45) is 0 Å². The number of hydrogen-bond donors (Lipinski definition) is 3. The van der Waals surface area contributed by atoms with Crippen LogP contribution in [-0.2, 0) is 0 Å². The first-order valence-corrected chi connectivity index (χ1v) is 9.64. The summed E-state index contributed by atoms with van der Waals surface area (Å²) < 4.78 is 5.10. The predicted molar refractivity (Wildman–Crippen MR) is 110 cm³/mol. The summed E-state index contributed by atoms with van der Waals surface area (Å²) in [6.45, 7) is 2.07. The lowest BCUT2D eigenvalue weighted by molar-refractivity contribution is 0.0696. The zero-order valence-electron chi connectivity index (χ0n) is 15.9. The maximum atomic E-state index is 12.3. The molecule has 148 valence electrons. The number of hydrogen-bond acceptors (Lipinski definition) is 4. The number of furan rings is 1. The molecule has 0 bridgehead atoms. The van der Waals surface area contributed by atoms with E-state index in [4.69, 9.17) is 4.42 Å². The molecule has 0 radical (unpaired) electrons. The van der Waals surface area contributed by atoms with Gasteiger partial charge in [-0.3, -0.25) is 4.79 Å². The number of carboxylic acid groups (broad SMARTS) is 1. The smallest absolute Gasteiger partial charge is 0.335 e. The number of rotatable bonds is 5. The van der Waals surface area contributed by atoms with Crippen molar-refractivity contribution >= 4 is 17.6 Å². The second-order valence-electron chi connectivity index (χ2n) is 7.18. The van der Waals surface area contributed by atoms with Gasteiger partial charge in [-0.1, -0.05) is 24.3 Å². The fraction of sp³-hybridized carbons (Fsp3) is 0.217. The molecule has 0 aliphatic carbocycles. The number of benzene rings is 2. The molecule has 3 aromatic rings. The lowest BCUT2D eigenvalue weighted by Gasteiger charge is -2.23. The zero-order chi connectivity index (χ0) is 20.2. The van der Waals surface area contributed by atoms with Crippen LogP contribution >= 0.6 is 0 Å². The Labute approximate surface area is 168 Å². The van der Waals surface area contributed by atoms with Gasteiger partial charge in [-0.25, -0.2) is 4.79 Å². The van der Waals surface area contributed by atoms with Gasteiger partial charge in [-0.05, 0) is 78.9 Å². The molecule has 0 atom stereocenters. The van der Waals surface area contributed by atoms with E-state index in [0.29, 0.717) is 11.6 Å². The first-order valence-electron chi connectivity index (χ1n) is 9.64. The van der Waals surface area contributed by atoms with Crippen molar-refractivity contribution in [3.05, 3.63) is 77.7 Å². The van der Waals surface area contributed by atoms with E-state index in [1.165, 1.54) is 17.9 Å². The highest BCUT2D eigenvalue weighted by Gasteiger charge is 2.16. The number of anilines is 1. The normalized spacial score (nSPS) is 14.5. The van der Waals surface area contributed by atoms with Crippen LogP contribution in [0.1, 0.15) is 45.2 Å². The molecule has 0 spiro atoms. The first-order chi connectivity index (χ1) is 14.1. The van der Waals surface area contributed by atoms with Crippen molar-refractivity contribution in [2.75, 3.05) is 18.4 Å². The Bertz CT molecular complexity index is 1000. The largest absolute Gasteiger partial charge is 0.478 e. The fourth-order valence-corrected chi connectivity index (χ4v) is 3.69. The van der Waals surface area contributed by atoms with Gasteiger partial charge in [0.25, 0.3) is 5.91 Å². The molecule has 1 amide bonds. The molecule has 6 heteroatoms. The molecule has 0 saturated carbocycles. The van der Waals surface area contributed by atoms with E-state index >= 15 is 0 Å². The highest BCUT2D eigenvalue weighted by molar-refractivity contribution is 6.03. The molecule has 0 unspecified atom stereocenters. The van der Waals surface area contributed by atoms with Crippen molar-refractivity contribution in [3.8, 4) is 11.1 Å². The second kappa shape index (κ2) is 8.32. The third kappa shape index (κ3) is 4.38. The SMILES string of the molecule is O=C(O)c1cc(NC(=O)c2ccco2)cc(-c2ccc(C3CCNCC3)cc2)c1. The quantitative estimate of drug-likeness (QED) is 0.602. The van der Waals surface area contributed by atoms with Crippen molar-refractivity contribution < 1.29 is 19.1 Å². The van der Waals surface area contributed by atoms with Gasteiger partial charge >= 0.3 is 5.97 Å². The summed E-state index contributed by atoms with van der Waals surface area (Å²) in [6.07, 6.45) is 3.66. The molecule has 1 fully saturated rings. The van der Waals surface area contributed by atoms with Crippen LogP contribution in [0.4, 0.5) is 5.69 Å². The van der Waals surface area contributed by atoms with Gasteiger partial charge in [0.2, 0.25) is 0 Å². The Balaban J connectivity index is 1.61. The first kappa shape index (κ1) is 19.0. The zero-order valence-corrected chi connectivity index (χ0v) is 15.9. The van der Waals surface area contributed by atoms with Gasteiger partial charge in [0.1, 0.15) is 0 Å². The minimum absolute atomic E-state index is 0.111. The third-order valence-corrected chi connectivity index (χ3v) is 5.24. The molecule has 29 heavy (non-hydrogen) atoms. The number of carboxylic acids is 1. The van der Waals surface area contributed by atoms with Crippen LogP contribution in [0.5, 0.6) is 0 Å². The average molecular weight is 390 g/mol. The van der Waals surface area contributed by atoms with Gasteiger partial charge in [0.05, 0.1) is 11.8 Å². The lowest BCUT2D eigenvalue weighted by atomic mass is 9.89. The monoisotopic (exact) mass is 390 g/mol. The summed E-state index contributed by atoms with van der Waals surface area (Å²) in [5.41, 5.74) is 3.45. The minimum atomic E-state index is -1.05. The number of amides is 1. The molecular formula is C23H22N2O4. The number of nitrogens with one attached hydrogen (secondary N) is 2. The molecule has 2 heterocycles. The minimum Gasteiger partial charge on any atom is -0.478 e. The summed E-state index contributed by atoms with van der Waals surface area (Å²) in [5.74, 6) is -0.756. The van der Waals surface area contributed by atoms with Crippen LogP contribution in [0.2, 0.25) is 0 Å². The summed E-state index contributed by atoms with van der Waals surface area (Å²) >= 11 is 0. The number of piperidine rings is 1. The van der Waals surface area contributed by atoms with E-state index in [9.17, 15) is 14.7 Å². The molecule has 6 nitrogen and oxygen atoms in total. The van der Waals surface area contributed by atoms with Crippen molar-refractivity contribution in [1.82, 2.24) is 5.32 Å². The standard InChI is InChI=1S/C23H22N2O4/c26-22(21-2-1-11-29-21)25-20-13-18(12-19(14-20)23(27)28)16-5-3-15(4-6-16)17-7-9-24-10-8-17/h1-6,11-14,17,24H,7-10H2,(H,25,26)(H,27,28). The highest BCUT2D eigenvalue weighted by atomic mass is 16.4. The Morgan fingerprint density at radius 3 is 2.41 bits per heavy atom. The molecule has 1 aromatic heterocycles. The van der Waals surface area contributed by atoms with Gasteiger partial charge in [-0.2, -0.15) is 0 Å². The fourth-order valence-electron chi connectivity index (χ4n) is 3.69. The lowest BCUT2D eigenvalue weighted by Crippen LogP contribution is -2.26. The molecule has 1 saturated heterocycles. The summed E-state index contributed by atoms with van der Waals surface area (Å²) in [6, 6.07) is 16.2. The van der Waals surface area contributed by atoms with Gasteiger partial charge < -0.3 is 20.2 Å². The van der Waals surface area contributed by atoms with E-state index in [1.807, 2.05) is 12.1 Å². The second-order valence-corrected chi connectivity index (χ2v) is 7.18. The predicted octanol–water partition coefficient (Wildman–Crippen LogP) is 4.36. The summed E-state index contributed by atoms with van der Waals surface area (Å²) in [4.78, 5) is 23.8. The van der Waals surface area contributed by atoms with Crippen LogP contribution < -0.4 is 10.6 Å². The number of aromatic carboxylic acids is 1. The number of carbonyl (C=O) groups excluding carboxylic acids is 1. The van der Waals surface area contributed by atoms with Crippen LogP contribution in [0.15, 0.2) is 65.3 Å². The van der Waals surface area contributed by atoms with E-state index in [2.05, 4.69) is 22.8 Å². The summed E-state index contributed by atoms with van der Waals surface area (Å²) in [5, 5.41) is 15.6. The Morgan fingerprint density at radius 2 is 1.76 bits per heavy atom. The number of carbonyl (C=O) groups is 2. The summed E-state index contributed by atoms with van der Waals surface area (Å²) in [7, 11) is 0. The molecule has 1 aliphatic heterocycles. The maximum Gasteiger partial charge on any atom is 0.335 e.